The molecule has 0 aliphatic carbocycles. The first-order chi connectivity index (χ1) is 19.7. The predicted molar refractivity (Wildman–Crippen MR) is 150 cm³/mol. The van der Waals surface area contributed by atoms with Crippen molar-refractivity contribution < 1.29 is 28.4 Å². The molecule has 1 aromatic heterocycles. The highest BCUT2D eigenvalue weighted by Crippen LogP contribution is 2.44. The molecule has 0 saturated carbocycles. The van der Waals surface area contributed by atoms with E-state index >= 15 is 0 Å². The van der Waals surface area contributed by atoms with Crippen molar-refractivity contribution in [2.45, 2.75) is 12.8 Å². The number of nitrogens with zero attached hydrogens (tertiary/aromatic N) is 3. The number of nitriles is 1. The van der Waals surface area contributed by atoms with Gasteiger partial charge in [-0.15, -0.1) is 0 Å². The minimum Gasteiger partial charge on any atom is -0.493 e. The Kier molecular flexibility index (Phi) is 9.04. The fourth-order valence-electron chi connectivity index (χ4n) is 4.74. The summed E-state index contributed by atoms with van der Waals surface area (Å²) in [5, 5.41) is 13.9. The van der Waals surface area contributed by atoms with Crippen molar-refractivity contribution in [1.29, 1.82) is 5.26 Å². The molecule has 3 aromatic rings. The van der Waals surface area contributed by atoms with E-state index in [-0.39, 0.29) is 6.79 Å². The first-order valence-electron chi connectivity index (χ1n) is 13.2. The second-order valence-electron chi connectivity index (χ2n) is 9.27. The van der Waals surface area contributed by atoms with E-state index in [2.05, 4.69) is 33.1 Å². The van der Waals surface area contributed by atoms with Crippen molar-refractivity contribution in [2.75, 3.05) is 72.4 Å². The SMILES string of the molecule is COCC#Cc1ccc(Nc2c(C#N)cnc3cc(OCCOCCN4CCCC4)c(OC)cc23)c2c1OCO2. The molecule has 0 amide bonds. The van der Waals surface area contributed by atoms with Crippen molar-refractivity contribution >= 4 is 22.3 Å². The summed E-state index contributed by atoms with van der Waals surface area (Å²) >= 11 is 0. The number of hydrogen-bond donors (Lipinski definition) is 1. The standard InChI is InChI=1S/C30H32N4O6/c1-35-12-5-6-21-7-8-24(30-29(21)39-20-40-30)33-28-22(18-31)19-32-25-17-27(26(36-2)16-23(25)28)38-15-14-37-13-11-34-9-3-4-10-34/h7-8,16-17,19H,3-4,9-15,20H2,1-2H3,(H,32,33). The first-order valence-corrected chi connectivity index (χ1v) is 13.2. The second kappa shape index (κ2) is 13.2. The molecule has 1 saturated heterocycles. The summed E-state index contributed by atoms with van der Waals surface area (Å²) in [6, 6.07) is 9.53. The van der Waals surface area contributed by atoms with Crippen molar-refractivity contribution in [1.82, 2.24) is 9.88 Å². The molecule has 2 aliphatic rings. The fourth-order valence-corrected chi connectivity index (χ4v) is 4.74. The quantitative estimate of drug-likeness (QED) is 0.280. The third-order valence-electron chi connectivity index (χ3n) is 6.73. The average molecular weight is 545 g/mol. The largest absolute Gasteiger partial charge is 0.493 e. The number of aromatic nitrogens is 1. The Morgan fingerprint density at radius 3 is 2.67 bits per heavy atom. The minimum absolute atomic E-state index is 0.0751. The summed E-state index contributed by atoms with van der Waals surface area (Å²) in [7, 11) is 3.17. The van der Waals surface area contributed by atoms with Crippen LogP contribution in [0.4, 0.5) is 11.4 Å². The third kappa shape index (κ3) is 6.16. The Morgan fingerprint density at radius 2 is 1.88 bits per heavy atom. The van der Waals surface area contributed by atoms with Gasteiger partial charge in [-0.2, -0.15) is 5.26 Å². The van der Waals surface area contributed by atoms with Crippen LogP contribution in [0.2, 0.25) is 0 Å². The minimum atomic E-state index is 0.0751. The number of ether oxygens (including phenoxy) is 6. The van der Waals surface area contributed by atoms with Crippen LogP contribution in [0.25, 0.3) is 10.9 Å². The highest BCUT2D eigenvalue weighted by Gasteiger charge is 2.23. The molecule has 0 radical (unpaired) electrons. The molecule has 0 bridgehead atoms. The smallest absolute Gasteiger partial charge is 0.231 e. The van der Waals surface area contributed by atoms with Gasteiger partial charge in [0.2, 0.25) is 6.79 Å². The van der Waals surface area contributed by atoms with Crippen LogP contribution in [-0.4, -0.2) is 77.0 Å². The van der Waals surface area contributed by atoms with Gasteiger partial charge >= 0.3 is 0 Å². The van der Waals surface area contributed by atoms with Crippen molar-refractivity contribution in [3.8, 4) is 40.9 Å². The van der Waals surface area contributed by atoms with Gasteiger partial charge in [0, 0.05) is 31.3 Å². The van der Waals surface area contributed by atoms with E-state index < -0.39 is 0 Å². The Bertz CT molecular complexity index is 1450. The first kappa shape index (κ1) is 27.4. The summed E-state index contributed by atoms with van der Waals surface area (Å²) in [6.07, 6.45) is 4.07. The molecule has 2 aliphatic heterocycles. The number of fused-ring (bicyclic) bond motifs is 2. The molecule has 1 fully saturated rings. The zero-order chi connectivity index (χ0) is 27.7. The van der Waals surface area contributed by atoms with E-state index in [9.17, 15) is 5.26 Å². The molecule has 40 heavy (non-hydrogen) atoms. The molecule has 3 heterocycles. The molecule has 208 valence electrons. The monoisotopic (exact) mass is 544 g/mol. The number of hydrogen-bond acceptors (Lipinski definition) is 10. The maximum atomic E-state index is 9.86. The third-order valence-corrected chi connectivity index (χ3v) is 6.73. The molecule has 10 heteroatoms. The van der Waals surface area contributed by atoms with Gasteiger partial charge in [0.25, 0.3) is 0 Å². The van der Waals surface area contributed by atoms with E-state index in [4.69, 9.17) is 28.4 Å². The van der Waals surface area contributed by atoms with Gasteiger partial charge in [0.05, 0.1) is 48.3 Å². The predicted octanol–water partition coefficient (Wildman–Crippen LogP) is 4.08. The Labute approximate surface area is 233 Å². The zero-order valence-corrected chi connectivity index (χ0v) is 22.7. The lowest BCUT2D eigenvalue weighted by Gasteiger charge is -2.17. The van der Waals surface area contributed by atoms with Crippen LogP contribution in [0, 0.1) is 23.2 Å². The molecule has 0 atom stereocenters. The van der Waals surface area contributed by atoms with Crippen LogP contribution in [0.5, 0.6) is 23.0 Å². The van der Waals surface area contributed by atoms with E-state index in [0.29, 0.717) is 82.8 Å². The van der Waals surface area contributed by atoms with Gasteiger partial charge in [-0.25, -0.2) is 0 Å². The Balaban J connectivity index is 1.35. The maximum absolute atomic E-state index is 9.86. The molecular formula is C30H32N4O6. The Morgan fingerprint density at radius 1 is 1.02 bits per heavy atom. The van der Waals surface area contributed by atoms with Crippen LogP contribution < -0.4 is 24.3 Å². The molecule has 10 nitrogen and oxygen atoms in total. The van der Waals surface area contributed by atoms with Crippen LogP contribution in [0.3, 0.4) is 0 Å². The summed E-state index contributed by atoms with van der Waals surface area (Å²) in [5.74, 6) is 8.12. The van der Waals surface area contributed by atoms with Gasteiger partial charge in [0.15, 0.2) is 23.0 Å². The fraction of sp³-hybridized carbons (Fsp3) is 0.400. The molecule has 1 N–H and O–H groups in total. The van der Waals surface area contributed by atoms with Gasteiger partial charge in [-0.05, 0) is 44.1 Å². The molecule has 5 rings (SSSR count). The normalized spacial score (nSPS) is 14.0. The number of likely N-dealkylation sites (tertiary alicyclic amines) is 1. The second-order valence-corrected chi connectivity index (χ2v) is 9.27. The molecule has 2 aromatic carbocycles. The number of pyridine rings is 1. The Hall–Kier alpha value is -4.22. The lowest BCUT2D eigenvalue weighted by atomic mass is 10.1. The highest BCUT2D eigenvalue weighted by atomic mass is 16.7. The summed E-state index contributed by atoms with van der Waals surface area (Å²) < 4.78 is 33.8. The average Bonchev–Trinajstić information content (AvgIpc) is 3.69. The molecular weight excluding hydrogens is 512 g/mol. The highest BCUT2D eigenvalue weighted by molar-refractivity contribution is 5.98. The van der Waals surface area contributed by atoms with Gasteiger partial charge in [0.1, 0.15) is 19.3 Å². The van der Waals surface area contributed by atoms with Crippen LogP contribution in [-0.2, 0) is 9.47 Å². The number of rotatable bonds is 11. The van der Waals surface area contributed by atoms with Gasteiger partial charge in [-0.1, -0.05) is 11.8 Å². The van der Waals surface area contributed by atoms with Gasteiger partial charge < -0.3 is 38.6 Å². The van der Waals surface area contributed by atoms with E-state index in [1.807, 2.05) is 24.3 Å². The van der Waals surface area contributed by atoms with Crippen molar-refractivity contribution in [3.63, 3.8) is 0 Å². The number of benzene rings is 2. The van der Waals surface area contributed by atoms with Crippen LogP contribution in [0.15, 0.2) is 30.5 Å². The topological polar surface area (TPSA) is 107 Å². The van der Waals surface area contributed by atoms with Crippen LogP contribution >= 0.6 is 0 Å². The summed E-state index contributed by atoms with van der Waals surface area (Å²) in [6.45, 7) is 5.19. The zero-order valence-electron chi connectivity index (χ0n) is 22.7. The number of nitrogens with one attached hydrogen (secondary N) is 1. The maximum Gasteiger partial charge on any atom is 0.231 e. The summed E-state index contributed by atoms with van der Waals surface area (Å²) in [4.78, 5) is 6.92. The lowest BCUT2D eigenvalue weighted by Crippen LogP contribution is -2.24. The molecule has 0 spiro atoms. The van der Waals surface area contributed by atoms with E-state index in [0.717, 1.165) is 19.6 Å². The van der Waals surface area contributed by atoms with Gasteiger partial charge in [-0.3, -0.25) is 4.98 Å². The van der Waals surface area contributed by atoms with Crippen molar-refractivity contribution in [2.24, 2.45) is 0 Å². The van der Waals surface area contributed by atoms with E-state index in [1.54, 1.807) is 14.2 Å². The lowest BCUT2D eigenvalue weighted by molar-refractivity contribution is 0.0838. The molecule has 0 unspecified atom stereocenters. The van der Waals surface area contributed by atoms with Crippen LogP contribution in [0.1, 0.15) is 24.0 Å². The van der Waals surface area contributed by atoms with E-state index in [1.165, 1.54) is 19.0 Å². The number of methoxy groups -OCH3 is 2. The summed E-state index contributed by atoms with van der Waals surface area (Å²) in [5.41, 5.74) is 2.91. The van der Waals surface area contributed by atoms with Crippen molar-refractivity contribution in [3.05, 3.63) is 41.6 Å². The number of anilines is 2.